The van der Waals surface area contributed by atoms with Crippen molar-refractivity contribution in [3.63, 3.8) is 0 Å². The maximum Gasteiger partial charge on any atom is 0.256 e. The number of thioether (sulfide) groups is 1. The monoisotopic (exact) mass is 429 g/mol. The number of aromatic nitrogens is 1. The van der Waals surface area contributed by atoms with Gasteiger partial charge in [0.15, 0.2) is 11.4 Å². The van der Waals surface area contributed by atoms with Crippen LogP contribution in [-0.4, -0.2) is 23.1 Å². The number of para-hydroxylation sites is 2. The van der Waals surface area contributed by atoms with E-state index in [9.17, 15) is 4.79 Å². The highest BCUT2D eigenvalue weighted by Gasteiger charge is 2.05. The molecule has 3 aromatic carbocycles. The second-order valence-corrected chi connectivity index (χ2v) is 8.03. The molecule has 0 bridgehead atoms. The van der Waals surface area contributed by atoms with Gasteiger partial charge in [0.1, 0.15) is 11.3 Å². The summed E-state index contributed by atoms with van der Waals surface area (Å²) in [6.07, 6.45) is 5.36. The van der Waals surface area contributed by atoms with Crippen LogP contribution in [0.4, 0.5) is 0 Å². The average Bonchev–Trinajstić information content (AvgIpc) is 3.24. The molecule has 4 nitrogen and oxygen atoms in total. The van der Waals surface area contributed by atoms with Crippen LogP contribution in [0.2, 0.25) is 0 Å². The summed E-state index contributed by atoms with van der Waals surface area (Å²) in [5.74, 6) is 1.68. The minimum atomic E-state index is -0.0216. The van der Waals surface area contributed by atoms with E-state index in [0.29, 0.717) is 17.4 Å². The normalized spacial score (nSPS) is 11.2. The smallest absolute Gasteiger partial charge is 0.256 e. The highest BCUT2D eigenvalue weighted by molar-refractivity contribution is 7.99. The number of allylic oxidation sites excluding steroid dienone is 1. The molecule has 31 heavy (non-hydrogen) atoms. The lowest BCUT2D eigenvalue weighted by molar-refractivity contribution is 0.104. The van der Waals surface area contributed by atoms with E-state index < -0.39 is 0 Å². The number of carbonyl (C=O) groups is 1. The van der Waals surface area contributed by atoms with Crippen LogP contribution in [-0.2, 0) is 0 Å². The number of rotatable bonds is 10. The number of ketones is 1. The second kappa shape index (κ2) is 10.6. The number of hydrogen-bond donors (Lipinski definition) is 0. The fourth-order valence-corrected chi connectivity index (χ4v) is 3.85. The molecule has 5 heteroatoms. The van der Waals surface area contributed by atoms with Crippen molar-refractivity contribution in [1.29, 1.82) is 0 Å². The van der Waals surface area contributed by atoms with Crippen LogP contribution in [0.1, 0.15) is 28.8 Å². The fraction of sp³-hybridized carbons (Fsp3) is 0.154. The summed E-state index contributed by atoms with van der Waals surface area (Å²) in [6.45, 7) is 0.634. The van der Waals surface area contributed by atoms with Gasteiger partial charge < -0.3 is 9.15 Å². The van der Waals surface area contributed by atoms with E-state index in [0.717, 1.165) is 41.0 Å². The third-order valence-corrected chi connectivity index (χ3v) is 5.59. The minimum Gasteiger partial charge on any atom is -0.494 e. The third-order valence-electron chi connectivity index (χ3n) is 4.67. The Kier molecular flexibility index (Phi) is 7.19. The molecule has 0 amide bonds. The van der Waals surface area contributed by atoms with Crippen molar-refractivity contribution < 1.29 is 13.9 Å². The first-order valence-corrected chi connectivity index (χ1v) is 11.3. The molecule has 0 aliphatic rings. The SMILES string of the molecule is O=C(/C=C/c1ccccc1)c1ccc(OCCCCSc2nc3ccccc3o2)cc1. The zero-order valence-electron chi connectivity index (χ0n) is 17.1. The Bertz CT molecular complexity index is 1120. The quantitative estimate of drug-likeness (QED) is 0.122. The Morgan fingerprint density at radius 1 is 0.935 bits per heavy atom. The van der Waals surface area contributed by atoms with Crippen LogP contribution in [0.3, 0.4) is 0 Å². The van der Waals surface area contributed by atoms with Gasteiger partial charge in [-0.3, -0.25) is 4.79 Å². The highest BCUT2D eigenvalue weighted by atomic mass is 32.2. The predicted molar refractivity (Wildman–Crippen MR) is 126 cm³/mol. The Labute approximate surface area is 186 Å². The van der Waals surface area contributed by atoms with Crippen molar-refractivity contribution in [2.24, 2.45) is 0 Å². The van der Waals surface area contributed by atoms with Gasteiger partial charge in [0.25, 0.3) is 5.22 Å². The zero-order chi connectivity index (χ0) is 21.3. The fourth-order valence-electron chi connectivity index (χ4n) is 3.01. The summed E-state index contributed by atoms with van der Waals surface area (Å²) in [5.41, 5.74) is 3.37. The summed E-state index contributed by atoms with van der Waals surface area (Å²) in [7, 11) is 0. The van der Waals surface area contributed by atoms with Gasteiger partial charge in [-0.05, 0) is 60.9 Å². The van der Waals surface area contributed by atoms with Gasteiger partial charge in [0, 0.05) is 11.3 Å². The molecule has 0 aliphatic heterocycles. The van der Waals surface area contributed by atoms with Crippen LogP contribution in [0, 0.1) is 0 Å². The second-order valence-electron chi connectivity index (χ2n) is 6.98. The first kappa shape index (κ1) is 20.9. The number of hydrogen-bond acceptors (Lipinski definition) is 5. The van der Waals surface area contributed by atoms with Crippen molar-refractivity contribution in [3.05, 3.63) is 96.1 Å². The Morgan fingerprint density at radius 3 is 2.52 bits per heavy atom. The van der Waals surface area contributed by atoms with E-state index in [2.05, 4.69) is 4.98 Å². The summed E-state index contributed by atoms with van der Waals surface area (Å²) >= 11 is 1.62. The van der Waals surface area contributed by atoms with Gasteiger partial charge in [-0.25, -0.2) is 4.98 Å². The van der Waals surface area contributed by atoms with Gasteiger partial charge in [-0.2, -0.15) is 0 Å². The summed E-state index contributed by atoms with van der Waals surface area (Å²) in [4.78, 5) is 16.8. The van der Waals surface area contributed by atoms with Crippen molar-refractivity contribution in [3.8, 4) is 5.75 Å². The molecule has 0 aliphatic carbocycles. The number of unbranched alkanes of at least 4 members (excludes halogenated alkanes) is 1. The maximum absolute atomic E-state index is 12.3. The average molecular weight is 430 g/mol. The standard InChI is InChI=1S/C26H23NO3S/c28-24(17-12-20-8-2-1-3-9-20)21-13-15-22(16-14-21)29-18-6-7-19-31-26-27-23-10-4-5-11-25(23)30-26/h1-5,8-17H,6-7,18-19H2/b17-12+. The topological polar surface area (TPSA) is 52.3 Å². The molecule has 4 aromatic rings. The molecule has 0 unspecified atom stereocenters. The Morgan fingerprint density at radius 2 is 1.71 bits per heavy atom. The molecule has 1 aromatic heterocycles. The maximum atomic E-state index is 12.3. The van der Waals surface area contributed by atoms with E-state index >= 15 is 0 Å². The Balaban J connectivity index is 1.16. The van der Waals surface area contributed by atoms with Gasteiger partial charge >= 0.3 is 0 Å². The molecule has 4 rings (SSSR count). The molecule has 0 fully saturated rings. The van der Waals surface area contributed by atoms with Crippen LogP contribution in [0.15, 0.2) is 94.6 Å². The van der Waals surface area contributed by atoms with E-state index in [1.54, 1.807) is 30.0 Å². The zero-order valence-corrected chi connectivity index (χ0v) is 17.9. The minimum absolute atomic E-state index is 0.0216. The lowest BCUT2D eigenvalue weighted by atomic mass is 10.1. The molecule has 156 valence electrons. The van der Waals surface area contributed by atoms with E-state index in [1.165, 1.54) is 0 Å². The van der Waals surface area contributed by atoms with E-state index in [4.69, 9.17) is 9.15 Å². The van der Waals surface area contributed by atoms with Crippen molar-refractivity contribution in [1.82, 2.24) is 4.98 Å². The molecular formula is C26H23NO3S. The molecule has 0 spiro atoms. The van der Waals surface area contributed by atoms with Gasteiger partial charge in [0.05, 0.1) is 6.61 Å². The van der Waals surface area contributed by atoms with Gasteiger partial charge in [0.2, 0.25) is 0 Å². The van der Waals surface area contributed by atoms with E-state index in [-0.39, 0.29) is 5.78 Å². The molecule has 1 heterocycles. The van der Waals surface area contributed by atoms with Crippen molar-refractivity contribution in [2.75, 3.05) is 12.4 Å². The molecule has 0 saturated carbocycles. The Hall–Kier alpha value is -3.31. The largest absolute Gasteiger partial charge is 0.494 e. The molecule has 0 atom stereocenters. The van der Waals surface area contributed by atoms with Crippen molar-refractivity contribution >= 4 is 34.7 Å². The lowest BCUT2D eigenvalue weighted by Crippen LogP contribution is -1.99. The highest BCUT2D eigenvalue weighted by Crippen LogP contribution is 2.24. The van der Waals surface area contributed by atoms with Crippen LogP contribution in [0.25, 0.3) is 17.2 Å². The van der Waals surface area contributed by atoms with Crippen molar-refractivity contribution in [2.45, 2.75) is 18.1 Å². The number of carbonyl (C=O) groups excluding carboxylic acids is 1. The lowest BCUT2D eigenvalue weighted by Gasteiger charge is -2.06. The molecule has 0 N–H and O–H groups in total. The number of oxazole rings is 1. The summed E-state index contributed by atoms with van der Waals surface area (Å²) in [5, 5.41) is 0.712. The summed E-state index contributed by atoms with van der Waals surface area (Å²) < 4.78 is 11.5. The predicted octanol–water partition coefficient (Wildman–Crippen LogP) is 6.68. The van der Waals surface area contributed by atoms with E-state index in [1.807, 2.05) is 72.8 Å². The molecule has 0 saturated heterocycles. The third kappa shape index (κ3) is 6.09. The molecule has 0 radical (unpaired) electrons. The van der Waals surface area contributed by atoms with Crippen LogP contribution >= 0.6 is 11.8 Å². The summed E-state index contributed by atoms with van der Waals surface area (Å²) in [6, 6.07) is 24.9. The van der Waals surface area contributed by atoms with Gasteiger partial charge in [-0.15, -0.1) is 0 Å². The van der Waals surface area contributed by atoms with Gasteiger partial charge in [-0.1, -0.05) is 60.3 Å². The number of fused-ring (bicyclic) bond motifs is 1. The van der Waals surface area contributed by atoms with Crippen LogP contribution in [0.5, 0.6) is 5.75 Å². The first-order valence-electron chi connectivity index (χ1n) is 10.3. The van der Waals surface area contributed by atoms with Crippen LogP contribution < -0.4 is 4.74 Å². The number of benzene rings is 3. The molecular weight excluding hydrogens is 406 g/mol. The number of ether oxygens (including phenoxy) is 1. The first-order chi connectivity index (χ1) is 15.3. The number of nitrogens with zero attached hydrogens (tertiary/aromatic N) is 1.